The molecule has 2 unspecified atom stereocenters. The molecule has 0 aromatic heterocycles. The third kappa shape index (κ3) is 4.20. The summed E-state index contributed by atoms with van der Waals surface area (Å²) in [5, 5.41) is 11.7. The molecule has 1 aromatic rings. The van der Waals surface area contributed by atoms with Gasteiger partial charge in [-0.2, -0.15) is 0 Å². The van der Waals surface area contributed by atoms with Crippen LogP contribution in [-0.2, 0) is 9.59 Å². The van der Waals surface area contributed by atoms with E-state index >= 15 is 0 Å². The summed E-state index contributed by atoms with van der Waals surface area (Å²) in [5.74, 6) is -1.01. The summed E-state index contributed by atoms with van der Waals surface area (Å²) in [6, 6.07) is 7.74. The maximum atomic E-state index is 11.7. The number of carbonyl (C=O) groups is 2. The van der Waals surface area contributed by atoms with E-state index in [1.54, 1.807) is 24.3 Å². The molecule has 2 atom stereocenters. The Kier molecular flexibility index (Phi) is 5.36. The lowest BCUT2D eigenvalue weighted by atomic mass is 10.0. The van der Waals surface area contributed by atoms with Gasteiger partial charge in [-0.3, -0.25) is 4.79 Å². The van der Waals surface area contributed by atoms with Crippen LogP contribution in [0.2, 0.25) is 0 Å². The van der Waals surface area contributed by atoms with Crippen LogP contribution < -0.4 is 5.32 Å². The molecular weight excluding hydrogens is 230 g/mol. The third-order valence-corrected chi connectivity index (χ3v) is 2.92. The van der Waals surface area contributed by atoms with E-state index in [2.05, 4.69) is 5.32 Å². The molecule has 0 fully saturated rings. The average Bonchev–Trinajstić information content (AvgIpc) is 2.36. The van der Waals surface area contributed by atoms with E-state index in [1.165, 1.54) is 0 Å². The van der Waals surface area contributed by atoms with E-state index in [4.69, 9.17) is 5.11 Å². The van der Waals surface area contributed by atoms with Crippen LogP contribution in [0.5, 0.6) is 0 Å². The standard InChI is InChI=1S/C14H19NO3/c1-3-10(2)9-12(16)15-13(14(17)18)11-7-5-4-6-8-11/h4-8,10,13H,3,9H2,1-2H3,(H,15,16)(H,17,18). The molecule has 0 aliphatic carbocycles. The fourth-order valence-electron chi connectivity index (χ4n) is 1.61. The summed E-state index contributed by atoms with van der Waals surface area (Å²) in [5.41, 5.74) is 0.586. The van der Waals surface area contributed by atoms with Crippen molar-refractivity contribution in [3.8, 4) is 0 Å². The lowest BCUT2D eigenvalue weighted by molar-refractivity contribution is -0.142. The van der Waals surface area contributed by atoms with Gasteiger partial charge in [0.1, 0.15) is 0 Å². The minimum Gasteiger partial charge on any atom is -0.479 e. The topological polar surface area (TPSA) is 66.4 Å². The van der Waals surface area contributed by atoms with Gasteiger partial charge in [0.25, 0.3) is 0 Å². The number of benzene rings is 1. The van der Waals surface area contributed by atoms with E-state index in [1.807, 2.05) is 19.9 Å². The molecule has 1 aromatic carbocycles. The number of rotatable bonds is 6. The molecule has 2 N–H and O–H groups in total. The Labute approximate surface area is 107 Å². The van der Waals surface area contributed by atoms with Gasteiger partial charge in [-0.1, -0.05) is 50.6 Å². The van der Waals surface area contributed by atoms with Gasteiger partial charge < -0.3 is 10.4 Å². The molecule has 0 spiro atoms. The van der Waals surface area contributed by atoms with E-state index in [9.17, 15) is 9.59 Å². The second-order valence-electron chi connectivity index (χ2n) is 4.47. The van der Waals surface area contributed by atoms with Crippen molar-refractivity contribution in [3.05, 3.63) is 35.9 Å². The highest BCUT2D eigenvalue weighted by Gasteiger charge is 2.22. The van der Waals surface area contributed by atoms with Crippen LogP contribution in [0.4, 0.5) is 0 Å². The van der Waals surface area contributed by atoms with Crippen molar-refractivity contribution in [3.63, 3.8) is 0 Å². The first-order valence-corrected chi connectivity index (χ1v) is 6.11. The minimum atomic E-state index is -1.04. The Morgan fingerprint density at radius 1 is 1.28 bits per heavy atom. The fraction of sp³-hybridized carbons (Fsp3) is 0.429. The summed E-state index contributed by atoms with van der Waals surface area (Å²) in [7, 11) is 0. The van der Waals surface area contributed by atoms with E-state index < -0.39 is 12.0 Å². The molecule has 1 amide bonds. The van der Waals surface area contributed by atoms with Crippen LogP contribution >= 0.6 is 0 Å². The van der Waals surface area contributed by atoms with E-state index in [-0.39, 0.29) is 11.8 Å². The zero-order valence-electron chi connectivity index (χ0n) is 10.7. The van der Waals surface area contributed by atoms with Gasteiger partial charge in [-0.25, -0.2) is 4.79 Å². The smallest absolute Gasteiger partial charge is 0.330 e. The first kappa shape index (κ1) is 14.2. The first-order valence-electron chi connectivity index (χ1n) is 6.11. The van der Waals surface area contributed by atoms with Crippen LogP contribution in [-0.4, -0.2) is 17.0 Å². The number of hydrogen-bond acceptors (Lipinski definition) is 2. The maximum absolute atomic E-state index is 11.7. The predicted octanol–water partition coefficient (Wildman–Crippen LogP) is 2.36. The van der Waals surface area contributed by atoms with Gasteiger partial charge in [0.15, 0.2) is 6.04 Å². The number of aliphatic carboxylic acids is 1. The zero-order valence-corrected chi connectivity index (χ0v) is 10.7. The van der Waals surface area contributed by atoms with Crippen molar-refractivity contribution in [2.24, 2.45) is 5.92 Å². The second-order valence-corrected chi connectivity index (χ2v) is 4.47. The highest BCUT2D eigenvalue weighted by Crippen LogP contribution is 2.14. The monoisotopic (exact) mass is 249 g/mol. The molecule has 0 saturated heterocycles. The summed E-state index contributed by atoms with van der Waals surface area (Å²) < 4.78 is 0. The minimum absolute atomic E-state index is 0.222. The summed E-state index contributed by atoms with van der Waals surface area (Å²) in [4.78, 5) is 22.9. The quantitative estimate of drug-likeness (QED) is 0.813. The van der Waals surface area contributed by atoms with Crippen LogP contribution in [0.3, 0.4) is 0 Å². The van der Waals surface area contributed by atoms with Crippen molar-refractivity contribution < 1.29 is 14.7 Å². The van der Waals surface area contributed by atoms with Crippen molar-refractivity contribution in [1.29, 1.82) is 0 Å². The van der Waals surface area contributed by atoms with Crippen LogP contribution in [0.15, 0.2) is 30.3 Å². The number of amides is 1. The molecular formula is C14H19NO3. The molecule has 0 saturated carbocycles. The Hall–Kier alpha value is -1.84. The van der Waals surface area contributed by atoms with Gasteiger partial charge in [-0.05, 0) is 11.5 Å². The van der Waals surface area contributed by atoms with Crippen molar-refractivity contribution >= 4 is 11.9 Å². The van der Waals surface area contributed by atoms with E-state index in [0.29, 0.717) is 12.0 Å². The molecule has 1 rings (SSSR count). The number of carbonyl (C=O) groups excluding carboxylic acids is 1. The van der Waals surface area contributed by atoms with Crippen molar-refractivity contribution in [1.82, 2.24) is 5.32 Å². The summed E-state index contributed by atoms with van der Waals surface area (Å²) in [6.07, 6.45) is 1.25. The highest BCUT2D eigenvalue weighted by molar-refractivity contribution is 5.84. The molecule has 4 nitrogen and oxygen atoms in total. The maximum Gasteiger partial charge on any atom is 0.330 e. The molecule has 98 valence electrons. The Morgan fingerprint density at radius 3 is 2.39 bits per heavy atom. The fourth-order valence-corrected chi connectivity index (χ4v) is 1.61. The van der Waals surface area contributed by atoms with Crippen LogP contribution in [0, 0.1) is 5.92 Å². The van der Waals surface area contributed by atoms with Crippen LogP contribution in [0.1, 0.15) is 38.3 Å². The highest BCUT2D eigenvalue weighted by atomic mass is 16.4. The predicted molar refractivity (Wildman–Crippen MR) is 69.0 cm³/mol. The normalized spacial score (nSPS) is 13.7. The largest absolute Gasteiger partial charge is 0.479 e. The van der Waals surface area contributed by atoms with Gasteiger partial charge in [0.05, 0.1) is 0 Å². The van der Waals surface area contributed by atoms with Crippen molar-refractivity contribution in [2.45, 2.75) is 32.7 Å². The second kappa shape index (κ2) is 6.79. The molecule has 4 heteroatoms. The third-order valence-electron chi connectivity index (χ3n) is 2.92. The van der Waals surface area contributed by atoms with Crippen LogP contribution in [0.25, 0.3) is 0 Å². The van der Waals surface area contributed by atoms with E-state index in [0.717, 1.165) is 6.42 Å². The lowest BCUT2D eigenvalue weighted by Gasteiger charge is -2.16. The molecule has 0 aliphatic rings. The number of hydrogen-bond donors (Lipinski definition) is 2. The first-order chi connectivity index (χ1) is 8.54. The molecule has 0 aliphatic heterocycles. The Morgan fingerprint density at radius 2 is 1.89 bits per heavy atom. The van der Waals surface area contributed by atoms with Gasteiger partial charge in [0, 0.05) is 6.42 Å². The SMILES string of the molecule is CCC(C)CC(=O)NC(C(=O)O)c1ccccc1. The molecule has 0 heterocycles. The zero-order chi connectivity index (χ0) is 13.5. The van der Waals surface area contributed by atoms with Gasteiger partial charge in [0.2, 0.25) is 5.91 Å². The summed E-state index contributed by atoms with van der Waals surface area (Å²) >= 11 is 0. The Bertz CT molecular complexity index is 403. The number of nitrogens with one attached hydrogen (secondary N) is 1. The molecule has 18 heavy (non-hydrogen) atoms. The molecule has 0 bridgehead atoms. The summed E-state index contributed by atoms with van der Waals surface area (Å²) in [6.45, 7) is 3.97. The number of carboxylic acid groups (broad SMARTS) is 1. The number of carboxylic acids is 1. The van der Waals surface area contributed by atoms with Crippen molar-refractivity contribution in [2.75, 3.05) is 0 Å². The average molecular weight is 249 g/mol. The van der Waals surface area contributed by atoms with Gasteiger partial charge >= 0.3 is 5.97 Å². The molecule has 0 radical (unpaired) electrons. The van der Waals surface area contributed by atoms with Gasteiger partial charge in [-0.15, -0.1) is 0 Å². The Balaban J connectivity index is 2.71. The lowest BCUT2D eigenvalue weighted by Crippen LogP contribution is -2.34.